The lowest BCUT2D eigenvalue weighted by Gasteiger charge is -2.12. The van der Waals surface area contributed by atoms with Crippen molar-refractivity contribution in [3.8, 4) is 5.75 Å². The first kappa shape index (κ1) is 18.9. The fourth-order valence-corrected chi connectivity index (χ4v) is 3.53. The zero-order chi connectivity index (χ0) is 18.6. The van der Waals surface area contributed by atoms with E-state index in [4.69, 9.17) is 4.74 Å². The number of ether oxygens (including phenoxy) is 2. The topological polar surface area (TPSA) is 81.7 Å². The highest BCUT2D eigenvalue weighted by atomic mass is 32.2. The Bertz CT molecular complexity index is 896. The van der Waals surface area contributed by atoms with Crippen molar-refractivity contribution in [1.82, 2.24) is 4.72 Å². The van der Waals surface area contributed by atoms with Gasteiger partial charge >= 0.3 is 5.97 Å². The average molecular weight is 367 g/mol. The van der Waals surface area contributed by atoms with Gasteiger partial charge in [0.05, 0.1) is 19.1 Å². The number of methoxy groups -OCH3 is 2. The molecule has 0 atom stereocenters. The highest BCUT2D eigenvalue weighted by Crippen LogP contribution is 2.22. The fourth-order valence-electron chi connectivity index (χ4n) is 2.25. The molecule has 0 amide bonds. The van der Waals surface area contributed by atoms with Crippen molar-refractivity contribution in [2.75, 3.05) is 14.2 Å². The van der Waals surface area contributed by atoms with Crippen LogP contribution in [0, 0.1) is 12.7 Å². The first-order chi connectivity index (χ1) is 11.8. The van der Waals surface area contributed by atoms with Crippen LogP contribution in [0.1, 0.15) is 21.5 Å². The molecule has 0 aliphatic carbocycles. The van der Waals surface area contributed by atoms with Crippen LogP contribution in [-0.2, 0) is 21.3 Å². The van der Waals surface area contributed by atoms with E-state index in [9.17, 15) is 17.6 Å². The standard InChI is InChI=1S/C17H18FNO5S/c1-11-4-6-13(18)9-16(11)25(21,22)19-10-12-5-7-15(23-2)14(8-12)17(20)24-3/h4-9,19H,10H2,1-3H3. The van der Waals surface area contributed by atoms with Crippen molar-refractivity contribution in [3.05, 3.63) is 58.9 Å². The van der Waals surface area contributed by atoms with Crippen molar-refractivity contribution >= 4 is 16.0 Å². The Morgan fingerprint density at radius 3 is 2.52 bits per heavy atom. The Balaban J connectivity index is 2.26. The minimum atomic E-state index is -3.90. The Morgan fingerprint density at radius 1 is 1.16 bits per heavy atom. The zero-order valence-electron chi connectivity index (χ0n) is 14.0. The van der Waals surface area contributed by atoms with Crippen LogP contribution in [0.25, 0.3) is 0 Å². The molecule has 8 heteroatoms. The number of esters is 1. The van der Waals surface area contributed by atoms with Crippen molar-refractivity contribution in [3.63, 3.8) is 0 Å². The molecule has 0 spiro atoms. The van der Waals surface area contributed by atoms with E-state index in [2.05, 4.69) is 9.46 Å². The summed E-state index contributed by atoms with van der Waals surface area (Å²) >= 11 is 0. The molecule has 0 saturated carbocycles. The molecule has 0 fully saturated rings. The minimum Gasteiger partial charge on any atom is -0.496 e. The number of carbonyl (C=O) groups excluding carboxylic acids is 1. The maximum Gasteiger partial charge on any atom is 0.341 e. The van der Waals surface area contributed by atoms with E-state index in [1.54, 1.807) is 19.1 Å². The van der Waals surface area contributed by atoms with E-state index in [1.807, 2.05) is 0 Å². The molecule has 2 aromatic carbocycles. The molecule has 134 valence electrons. The molecule has 25 heavy (non-hydrogen) atoms. The molecule has 0 aliphatic rings. The number of carbonyl (C=O) groups is 1. The normalized spacial score (nSPS) is 11.2. The summed E-state index contributed by atoms with van der Waals surface area (Å²) in [6.45, 7) is 1.50. The SMILES string of the molecule is COC(=O)c1cc(CNS(=O)(=O)c2cc(F)ccc2C)ccc1OC. The highest BCUT2D eigenvalue weighted by Gasteiger charge is 2.19. The van der Waals surface area contributed by atoms with E-state index in [0.29, 0.717) is 16.9 Å². The van der Waals surface area contributed by atoms with Gasteiger partial charge in [0.25, 0.3) is 0 Å². The number of aryl methyl sites for hydroxylation is 1. The first-order valence-electron chi connectivity index (χ1n) is 7.29. The number of sulfonamides is 1. The van der Waals surface area contributed by atoms with Crippen LogP contribution in [0.3, 0.4) is 0 Å². The summed E-state index contributed by atoms with van der Waals surface area (Å²) in [4.78, 5) is 11.6. The maximum absolute atomic E-state index is 13.3. The van der Waals surface area contributed by atoms with Gasteiger partial charge in [-0.15, -0.1) is 0 Å². The smallest absolute Gasteiger partial charge is 0.341 e. The molecule has 0 aliphatic heterocycles. The van der Waals surface area contributed by atoms with Gasteiger partial charge in [0, 0.05) is 6.54 Å². The second-order valence-electron chi connectivity index (χ2n) is 5.26. The summed E-state index contributed by atoms with van der Waals surface area (Å²) in [7, 11) is -1.25. The average Bonchev–Trinajstić information content (AvgIpc) is 2.61. The maximum atomic E-state index is 13.3. The number of hydrogen-bond donors (Lipinski definition) is 1. The fraction of sp³-hybridized carbons (Fsp3) is 0.235. The largest absolute Gasteiger partial charge is 0.496 e. The Labute approximate surface area is 145 Å². The molecular formula is C17H18FNO5S. The second kappa shape index (κ2) is 7.62. The summed E-state index contributed by atoms with van der Waals surface area (Å²) in [6.07, 6.45) is 0. The third-order valence-electron chi connectivity index (χ3n) is 3.58. The van der Waals surface area contributed by atoms with Gasteiger partial charge in [-0.1, -0.05) is 12.1 Å². The monoisotopic (exact) mass is 367 g/mol. The van der Waals surface area contributed by atoms with Crippen LogP contribution in [0.5, 0.6) is 5.75 Å². The van der Waals surface area contributed by atoms with Crippen molar-refractivity contribution in [2.45, 2.75) is 18.4 Å². The number of benzene rings is 2. The second-order valence-corrected chi connectivity index (χ2v) is 7.00. The van der Waals surface area contributed by atoms with Gasteiger partial charge in [-0.2, -0.15) is 0 Å². The van der Waals surface area contributed by atoms with Gasteiger partial charge in [-0.25, -0.2) is 22.3 Å². The lowest BCUT2D eigenvalue weighted by molar-refractivity contribution is 0.0597. The van der Waals surface area contributed by atoms with E-state index in [-0.39, 0.29) is 17.0 Å². The van der Waals surface area contributed by atoms with Gasteiger partial charge in [0.1, 0.15) is 17.1 Å². The molecule has 0 aromatic heterocycles. The van der Waals surface area contributed by atoms with Gasteiger partial charge in [-0.05, 0) is 42.3 Å². The van der Waals surface area contributed by atoms with E-state index in [0.717, 1.165) is 6.07 Å². The number of halogens is 1. The minimum absolute atomic E-state index is 0.0771. The quantitative estimate of drug-likeness (QED) is 0.793. The third kappa shape index (κ3) is 4.34. The molecule has 6 nitrogen and oxygen atoms in total. The van der Waals surface area contributed by atoms with Crippen molar-refractivity contribution in [1.29, 1.82) is 0 Å². The molecule has 1 N–H and O–H groups in total. The van der Waals surface area contributed by atoms with Gasteiger partial charge in [0.2, 0.25) is 10.0 Å². The molecule has 2 aromatic rings. The predicted molar refractivity (Wildman–Crippen MR) is 89.5 cm³/mol. The summed E-state index contributed by atoms with van der Waals surface area (Å²) < 4.78 is 50.3. The van der Waals surface area contributed by atoms with E-state index in [1.165, 1.54) is 32.4 Å². The molecular weight excluding hydrogens is 349 g/mol. The van der Waals surface area contributed by atoms with E-state index < -0.39 is 21.8 Å². The molecule has 0 unspecified atom stereocenters. The van der Waals surface area contributed by atoms with E-state index >= 15 is 0 Å². The Morgan fingerprint density at radius 2 is 1.88 bits per heavy atom. The van der Waals surface area contributed by atoms with Gasteiger partial charge in [0.15, 0.2) is 0 Å². The zero-order valence-corrected chi connectivity index (χ0v) is 14.8. The molecule has 0 bridgehead atoms. The lowest BCUT2D eigenvalue weighted by atomic mass is 10.1. The highest BCUT2D eigenvalue weighted by molar-refractivity contribution is 7.89. The predicted octanol–water partition coefficient (Wildman–Crippen LogP) is 2.41. The summed E-state index contributed by atoms with van der Waals surface area (Å²) in [6, 6.07) is 8.19. The summed E-state index contributed by atoms with van der Waals surface area (Å²) in [5.74, 6) is -0.912. The number of hydrogen-bond acceptors (Lipinski definition) is 5. The number of rotatable bonds is 6. The lowest BCUT2D eigenvalue weighted by Crippen LogP contribution is -2.24. The molecule has 0 saturated heterocycles. The van der Waals surface area contributed by atoms with Crippen LogP contribution in [0.15, 0.2) is 41.3 Å². The van der Waals surface area contributed by atoms with Gasteiger partial charge in [-0.3, -0.25) is 0 Å². The van der Waals surface area contributed by atoms with Crippen LogP contribution < -0.4 is 9.46 Å². The summed E-state index contributed by atoms with van der Waals surface area (Å²) in [5.41, 5.74) is 1.14. The Hall–Kier alpha value is -2.45. The van der Waals surface area contributed by atoms with Crippen molar-refractivity contribution < 1.29 is 27.1 Å². The molecule has 0 radical (unpaired) electrons. The number of nitrogens with one attached hydrogen (secondary N) is 1. The van der Waals surface area contributed by atoms with Gasteiger partial charge < -0.3 is 9.47 Å². The first-order valence-corrected chi connectivity index (χ1v) is 8.78. The summed E-state index contributed by atoms with van der Waals surface area (Å²) in [5, 5.41) is 0. The Kier molecular flexibility index (Phi) is 5.76. The molecule has 0 heterocycles. The molecule has 2 rings (SSSR count). The van der Waals surface area contributed by atoms with Crippen LogP contribution in [0.2, 0.25) is 0 Å². The van der Waals surface area contributed by atoms with Crippen LogP contribution >= 0.6 is 0 Å². The van der Waals surface area contributed by atoms with Crippen LogP contribution in [0.4, 0.5) is 4.39 Å². The van der Waals surface area contributed by atoms with Crippen molar-refractivity contribution in [2.24, 2.45) is 0 Å². The van der Waals surface area contributed by atoms with Crippen LogP contribution in [-0.4, -0.2) is 28.6 Å². The third-order valence-corrected chi connectivity index (χ3v) is 5.12.